The van der Waals surface area contributed by atoms with Gasteiger partial charge in [0.1, 0.15) is 0 Å². The minimum absolute atomic E-state index is 0.138. The monoisotopic (exact) mass is 223 g/mol. The first-order valence-electron chi connectivity index (χ1n) is 5.64. The van der Waals surface area contributed by atoms with Gasteiger partial charge in [-0.1, -0.05) is 36.4 Å². The van der Waals surface area contributed by atoms with Crippen molar-refractivity contribution in [3.05, 3.63) is 53.6 Å². The molecule has 0 atom stereocenters. The third-order valence-electron chi connectivity index (χ3n) is 3.21. The maximum atomic E-state index is 12.2. The van der Waals surface area contributed by atoms with E-state index >= 15 is 0 Å². The number of hydrogen-bond acceptors (Lipinski definition) is 2. The van der Waals surface area contributed by atoms with Crippen LogP contribution in [0.15, 0.2) is 42.5 Å². The molecule has 0 fully saturated rings. The number of hydrogen-bond donors (Lipinski definition) is 0. The summed E-state index contributed by atoms with van der Waals surface area (Å²) in [6.07, 6.45) is 0. The third-order valence-corrected chi connectivity index (χ3v) is 3.21. The third kappa shape index (κ3) is 1.30. The van der Waals surface area contributed by atoms with E-state index < -0.39 is 0 Å². The summed E-state index contributed by atoms with van der Waals surface area (Å²) in [5.41, 5.74) is 4.85. The fraction of sp³-hybridized carbons (Fsp3) is 0.133. The number of rotatable bonds is 1. The molecule has 0 N–H and O–H groups in total. The molecule has 0 bridgehead atoms. The second-order valence-electron chi connectivity index (χ2n) is 4.47. The van der Waals surface area contributed by atoms with Crippen LogP contribution in [0.1, 0.15) is 15.9 Å². The predicted octanol–water partition coefficient (Wildman–Crippen LogP) is 2.96. The summed E-state index contributed by atoms with van der Waals surface area (Å²) in [6.45, 7) is 0. The lowest BCUT2D eigenvalue weighted by atomic mass is 10.0. The van der Waals surface area contributed by atoms with Gasteiger partial charge >= 0.3 is 0 Å². The Hall–Kier alpha value is -2.09. The van der Waals surface area contributed by atoms with Crippen LogP contribution in [0.5, 0.6) is 0 Å². The number of ketones is 1. The molecule has 0 unspecified atom stereocenters. The Labute approximate surface area is 100 Å². The molecule has 2 nitrogen and oxygen atoms in total. The zero-order valence-corrected chi connectivity index (χ0v) is 9.90. The van der Waals surface area contributed by atoms with E-state index in [0.29, 0.717) is 0 Å². The van der Waals surface area contributed by atoms with Crippen molar-refractivity contribution in [1.82, 2.24) is 0 Å². The molecule has 1 aliphatic carbocycles. The van der Waals surface area contributed by atoms with Crippen LogP contribution in [-0.2, 0) is 0 Å². The maximum Gasteiger partial charge on any atom is 0.194 e. The normalized spacial score (nSPS) is 12.2. The van der Waals surface area contributed by atoms with Gasteiger partial charge in [0.15, 0.2) is 5.78 Å². The highest BCUT2D eigenvalue weighted by atomic mass is 16.1. The van der Waals surface area contributed by atoms with Gasteiger partial charge in [0.25, 0.3) is 0 Å². The van der Waals surface area contributed by atoms with Gasteiger partial charge in [-0.25, -0.2) is 0 Å². The van der Waals surface area contributed by atoms with E-state index in [-0.39, 0.29) is 5.78 Å². The molecule has 0 spiro atoms. The largest absolute Gasteiger partial charge is 0.377 e. The highest BCUT2D eigenvalue weighted by Crippen LogP contribution is 2.41. The number of carbonyl (C=O) groups excluding carboxylic acids is 1. The van der Waals surface area contributed by atoms with Crippen molar-refractivity contribution in [2.75, 3.05) is 19.0 Å². The molecule has 0 aliphatic heterocycles. The Balaban J connectivity index is 2.38. The van der Waals surface area contributed by atoms with E-state index in [4.69, 9.17) is 0 Å². The first-order chi connectivity index (χ1) is 8.20. The molecular weight excluding hydrogens is 210 g/mol. The molecule has 0 heterocycles. The van der Waals surface area contributed by atoms with Crippen LogP contribution >= 0.6 is 0 Å². The Kier molecular flexibility index (Phi) is 2.05. The SMILES string of the molecule is CN(C)c1cccc2c1-c1ccccc1C2=O. The fourth-order valence-electron chi connectivity index (χ4n) is 2.43. The van der Waals surface area contributed by atoms with E-state index in [1.807, 2.05) is 61.5 Å². The lowest BCUT2D eigenvalue weighted by molar-refractivity contribution is 0.104. The predicted molar refractivity (Wildman–Crippen MR) is 69.6 cm³/mol. The Bertz CT molecular complexity index is 614. The van der Waals surface area contributed by atoms with Gasteiger partial charge in [-0.2, -0.15) is 0 Å². The van der Waals surface area contributed by atoms with Gasteiger partial charge in [-0.05, 0) is 11.6 Å². The van der Waals surface area contributed by atoms with Crippen LogP contribution in [0.25, 0.3) is 11.1 Å². The van der Waals surface area contributed by atoms with Crippen LogP contribution in [0.4, 0.5) is 5.69 Å². The highest BCUT2D eigenvalue weighted by molar-refractivity contribution is 6.23. The smallest absolute Gasteiger partial charge is 0.194 e. The van der Waals surface area contributed by atoms with Gasteiger partial charge in [-0.15, -0.1) is 0 Å². The topological polar surface area (TPSA) is 20.3 Å². The van der Waals surface area contributed by atoms with Crippen LogP contribution in [-0.4, -0.2) is 19.9 Å². The fourth-order valence-corrected chi connectivity index (χ4v) is 2.43. The Morgan fingerprint density at radius 3 is 2.18 bits per heavy atom. The molecule has 2 aromatic rings. The molecule has 84 valence electrons. The standard InChI is InChI=1S/C15H13NO/c1-16(2)13-9-5-8-12-14(13)10-6-3-4-7-11(10)15(12)17/h3-9H,1-2H3. The minimum Gasteiger partial charge on any atom is -0.377 e. The molecule has 3 rings (SSSR count). The van der Waals surface area contributed by atoms with Gasteiger partial charge < -0.3 is 4.90 Å². The van der Waals surface area contributed by atoms with Crippen molar-refractivity contribution in [2.24, 2.45) is 0 Å². The van der Waals surface area contributed by atoms with E-state index in [1.165, 1.54) is 0 Å². The first-order valence-corrected chi connectivity index (χ1v) is 5.64. The molecular formula is C15H13NO. The molecule has 0 radical (unpaired) electrons. The number of carbonyl (C=O) groups is 1. The molecule has 0 saturated carbocycles. The van der Waals surface area contributed by atoms with Crippen molar-refractivity contribution >= 4 is 11.5 Å². The quantitative estimate of drug-likeness (QED) is 0.632. The van der Waals surface area contributed by atoms with E-state index in [0.717, 1.165) is 27.9 Å². The summed E-state index contributed by atoms with van der Waals surface area (Å²) >= 11 is 0. The summed E-state index contributed by atoms with van der Waals surface area (Å²) in [7, 11) is 4.00. The molecule has 17 heavy (non-hydrogen) atoms. The zero-order valence-electron chi connectivity index (χ0n) is 9.90. The molecule has 0 aromatic heterocycles. The average molecular weight is 223 g/mol. The molecule has 2 aromatic carbocycles. The van der Waals surface area contributed by atoms with Crippen LogP contribution < -0.4 is 4.90 Å². The first kappa shape index (κ1) is 10.1. The van der Waals surface area contributed by atoms with E-state index in [9.17, 15) is 4.79 Å². The Morgan fingerprint density at radius 2 is 1.47 bits per heavy atom. The van der Waals surface area contributed by atoms with Gasteiger partial charge in [0, 0.05) is 36.5 Å². The second-order valence-corrected chi connectivity index (χ2v) is 4.47. The van der Waals surface area contributed by atoms with Crippen molar-refractivity contribution in [2.45, 2.75) is 0 Å². The van der Waals surface area contributed by atoms with Crippen molar-refractivity contribution < 1.29 is 4.79 Å². The highest BCUT2D eigenvalue weighted by Gasteiger charge is 2.28. The summed E-state index contributed by atoms with van der Waals surface area (Å²) in [5, 5.41) is 0. The average Bonchev–Trinajstić information content (AvgIpc) is 2.64. The summed E-state index contributed by atoms with van der Waals surface area (Å²) < 4.78 is 0. The number of fused-ring (bicyclic) bond motifs is 3. The molecule has 0 saturated heterocycles. The lowest BCUT2D eigenvalue weighted by Crippen LogP contribution is -2.10. The van der Waals surface area contributed by atoms with Crippen molar-refractivity contribution in [1.29, 1.82) is 0 Å². The maximum absolute atomic E-state index is 12.2. The van der Waals surface area contributed by atoms with Gasteiger partial charge in [-0.3, -0.25) is 4.79 Å². The second kappa shape index (κ2) is 3.45. The van der Waals surface area contributed by atoms with E-state index in [1.54, 1.807) is 0 Å². The summed E-state index contributed by atoms with van der Waals surface area (Å²) in [4.78, 5) is 14.3. The number of anilines is 1. The summed E-state index contributed by atoms with van der Waals surface area (Å²) in [5.74, 6) is 0.138. The number of benzene rings is 2. The molecule has 0 amide bonds. The Morgan fingerprint density at radius 1 is 0.824 bits per heavy atom. The number of nitrogens with zero attached hydrogens (tertiary/aromatic N) is 1. The molecule has 1 aliphatic rings. The van der Waals surface area contributed by atoms with E-state index in [2.05, 4.69) is 0 Å². The minimum atomic E-state index is 0.138. The lowest BCUT2D eigenvalue weighted by Gasteiger charge is -2.16. The van der Waals surface area contributed by atoms with Crippen LogP contribution in [0, 0.1) is 0 Å². The van der Waals surface area contributed by atoms with Gasteiger partial charge in [0.05, 0.1) is 0 Å². The molecule has 2 heteroatoms. The van der Waals surface area contributed by atoms with Crippen LogP contribution in [0.2, 0.25) is 0 Å². The van der Waals surface area contributed by atoms with Gasteiger partial charge in [0.2, 0.25) is 0 Å². The zero-order chi connectivity index (χ0) is 12.0. The van der Waals surface area contributed by atoms with Crippen molar-refractivity contribution in [3.8, 4) is 11.1 Å². The summed E-state index contributed by atoms with van der Waals surface area (Å²) in [6, 6.07) is 13.7. The van der Waals surface area contributed by atoms with Crippen LogP contribution in [0.3, 0.4) is 0 Å². The van der Waals surface area contributed by atoms with Crippen molar-refractivity contribution in [3.63, 3.8) is 0 Å².